The minimum atomic E-state index is -1.15. The zero-order chi connectivity index (χ0) is 14.3. The molecule has 0 aliphatic carbocycles. The Morgan fingerprint density at radius 3 is 2.33 bits per heavy atom. The first kappa shape index (κ1) is 16.0. The van der Waals surface area contributed by atoms with Gasteiger partial charge in [-0.15, -0.1) is 0 Å². The lowest BCUT2D eigenvalue weighted by molar-refractivity contribution is -0.137. The molecule has 18 heavy (non-hydrogen) atoms. The van der Waals surface area contributed by atoms with E-state index in [0.29, 0.717) is 6.54 Å². The summed E-state index contributed by atoms with van der Waals surface area (Å²) >= 11 is 0. The van der Waals surface area contributed by atoms with Crippen LogP contribution < -0.4 is 5.32 Å². The van der Waals surface area contributed by atoms with E-state index in [2.05, 4.69) is 5.32 Å². The standard InChI is InChI=1S/C12H19N3O3/c1-5-15(12(2,3)4)8-9(6-13)11(18)14-7-10(16)17/h8H,5,7H2,1-4H3,(H,14,18)(H,16,17)/b9-8-. The Morgan fingerprint density at radius 2 is 2.00 bits per heavy atom. The van der Waals surface area contributed by atoms with Crippen LogP contribution in [0.1, 0.15) is 27.7 Å². The summed E-state index contributed by atoms with van der Waals surface area (Å²) in [5, 5.41) is 19.5. The molecule has 0 saturated heterocycles. The maximum atomic E-state index is 11.6. The van der Waals surface area contributed by atoms with Gasteiger partial charge in [-0.1, -0.05) is 0 Å². The number of rotatable bonds is 5. The second-order valence-corrected chi connectivity index (χ2v) is 4.69. The maximum Gasteiger partial charge on any atom is 0.322 e. The SMILES string of the molecule is CCN(/C=C(/C#N)C(=O)NCC(=O)O)C(C)(C)C. The molecule has 1 amide bonds. The fourth-order valence-electron chi connectivity index (χ4n) is 1.30. The van der Waals surface area contributed by atoms with E-state index in [4.69, 9.17) is 10.4 Å². The molecule has 0 unspecified atom stereocenters. The Morgan fingerprint density at radius 1 is 1.44 bits per heavy atom. The predicted molar refractivity (Wildman–Crippen MR) is 66.5 cm³/mol. The van der Waals surface area contributed by atoms with Crippen LogP contribution >= 0.6 is 0 Å². The first-order chi connectivity index (χ1) is 8.22. The van der Waals surface area contributed by atoms with Crippen molar-refractivity contribution in [3.05, 3.63) is 11.8 Å². The largest absolute Gasteiger partial charge is 0.480 e. The van der Waals surface area contributed by atoms with E-state index in [1.807, 2.05) is 32.6 Å². The Bertz CT molecular complexity index is 388. The van der Waals surface area contributed by atoms with Gasteiger partial charge in [0.1, 0.15) is 18.2 Å². The summed E-state index contributed by atoms with van der Waals surface area (Å²) in [6.45, 7) is 7.91. The minimum Gasteiger partial charge on any atom is -0.480 e. The molecule has 0 aliphatic heterocycles. The van der Waals surface area contributed by atoms with E-state index in [9.17, 15) is 9.59 Å². The molecule has 0 aliphatic rings. The van der Waals surface area contributed by atoms with E-state index >= 15 is 0 Å². The summed E-state index contributed by atoms with van der Waals surface area (Å²) in [5.74, 6) is -1.83. The molecule has 0 rings (SSSR count). The smallest absolute Gasteiger partial charge is 0.322 e. The highest BCUT2D eigenvalue weighted by molar-refractivity contribution is 5.98. The fraction of sp³-hybridized carbons (Fsp3) is 0.583. The lowest BCUT2D eigenvalue weighted by Crippen LogP contribution is -2.38. The molecule has 2 N–H and O–H groups in total. The number of aliphatic carboxylic acids is 1. The van der Waals surface area contributed by atoms with Crippen molar-refractivity contribution >= 4 is 11.9 Å². The molecule has 0 radical (unpaired) electrons. The van der Waals surface area contributed by atoms with Crippen molar-refractivity contribution in [2.45, 2.75) is 33.2 Å². The number of amides is 1. The minimum absolute atomic E-state index is 0.104. The van der Waals surface area contributed by atoms with E-state index < -0.39 is 18.4 Å². The summed E-state index contributed by atoms with van der Waals surface area (Å²) in [6, 6.07) is 1.78. The molecular weight excluding hydrogens is 234 g/mol. The summed E-state index contributed by atoms with van der Waals surface area (Å²) in [5.41, 5.74) is -0.322. The van der Waals surface area contributed by atoms with Crippen molar-refractivity contribution in [2.75, 3.05) is 13.1 Å². The normalized spacial score (nSPS) is 11.6. The third kappa shape index (κ3) is 5.34. The lowest BCUT2D eigenvalue weighted by Gasteiger charge is -2.33. The van der Waals surface area contributed by atoms with Gasteiger partial charge >= 0.3 is 5.97 Å². The van der Waals surface area contributed by atoms with Crippen molar-refractivity contribution in [1.29, 1.82) is 5.26 Å². The zero-order valence-electron chi connectivity index (χ0n) is 11.1. The molecule has 0 aromatic heterocycles. The van der Waals surface area contributed by atoms with E-state index in [-0.39, 0.29) is 11.1 Å². The van der Waals surface area contributed by atoms with E-state index in [1.54, 1.807) is 6.07 Å². The van der Waals surface area contributed by atoms with Crippen molar-refractivity contribution in [1.82, 2.24) is 10.2 Å². The number of hydrogen-bond donors (Lipinski definition) is 2. The lowest BCUT2D eigenvalue weighted by atomic mass is 10.1. The highest BCUT2D eigenvalue weighted by atomic mass is 16.4. The van der Waals surface area contributed by atoms with Crippen molar-refractivity contribution in [3.63, 3.8) is 0 Å². The van der Waals surface area contributed by atoms with Gasteiger partial charge in [-0.3, -0.25) is 9.59 Å². The first-order valence-electron chi connectivity index (χ1n) is 5.61. The number of carboxylic acids is 1. The average molecular weight is 253 g/mol. The molecule has 6 nitrogen and oxygen atoms in total. The van der Waals surface area contributed by atoms with Crippen LogP contribution in [0, 0.1) is 11.3 Å². The van der Waals surface area contributed by atoms with Gasteiger partial charge in [0.15, 0.2) is 0 Å². The van der Waals surface area contributed by atoms with Crippen molar-refractivity contribution in [3.8, 4) is 6.07 Å². The van der Waals surface area contributed by atoms with Gasteiger partial charge in [0, 0.05) is 18.3 Å². The third-order valence-electron chi connectivity index (χ3n) is 2.25. The van der Waals surface area contributed by atoms with Gasteiger partial charge in [0.05, 0.1) is 0 Å². The number of nitrogens with zero attached hydrogens (tertiary/aromatic N) is 2. The Kier molecular flexibility index (Phi) is 5.89. The molecule has 0 saturated carbocycles. The molecule has 0 spiro atoms. The van der Waals surface area contributed by atoms with Gasteiger partial charge in [-0.2, -0.15) is 5.26 Å². The summed E-state index contributed by atoms with van der Waals surface area (Å²) < 4.78 is 0. The monoisotopic (exact) mass is 253 g/mol. The molecular formula is C12H19N3O3. The van der Waals surface area contributed by atoms with Crippen LogP contribution in [0.3, 0.4) is 0 Å². The van der Waals surface area contributed by atoms with Crippen LogP contribution in [0.25, 0.3) is 0 Å². The molecule has 0 bridgehead atoms. The number of carbonyl (C=O) groups excluding carboxylic acids is 1. The summed E-state index contributed by atoms with van der Waals surface area (Å²) in [7, 11) is 0. The Labute approximate surface area is 107 Å². The molecule has 0 aromatic carbocycles. The topological polar surface area (TPSA) is 93.4 Å². The van der Waals surface area contributed by atoms with Crippen LogP contribution in [0.15, 0.2) is 11.8 Å². The number of hydrogen-bond acceptors (Lipinski definition) is 4. The van der Waals surface area contributed by atoms with Crippen LogP contribution in [0.5, 0.6) is 0 Å². The Balaban J connectivity index is 4.91. The third-order valence-corrected chi connectivity index (χ3v) is 2.25. The summed E-state index contributed by atoms with van der Waals surface area (Å²) in [4.78, 5) is 23.7. The van der Waals surface area contributed by atoms with Gasteiger partial charge in [0.25, 0.3) is 5.91 Å². The highest BCUT2D eigenvalue weighted by Crippen LogP contribution is 2.14. The molecule has 0 aromatic rings. The average Bonchev–Trinajstić information content (AvgIpc) is 2.25. The number of carbonyl (C=O) groups is 2. The van der Waals surface area contributed by atoms with Gasteiger partial charge in [0.2, 0.25) is 0 Å². The van der Waals surface area contributed by atoms with Gasteiger partial charge in [-0.05, 0) is 27.7 Å². The van der Waals surface area contributed by atoms with Gasteiger partial charge < -0.3 is 15.3 Å². The summed E-state index contributed by atoms with van der Waals surface area (Å²) in [6.07, 6.45) is 1.46. The van der Waals surface area contributed by atoms with Crippen LogP contribution in [-0.4, -0.2) is 40.5 Å². The number of nitrogens with one attached hydrogen (secondary N) is 1. The second kappa shape index (κ2) is 6.64. The van der Waals surface area contributed by atoms with Crippen LogP contribution in [0.4, 0.5) is 0 Å². The fourth-order valence-corrected chi connectivity index (χ4v) is 1.30. The molecule has 100 valence electrons. The number of carboxylic acid groups (broad SMARTS) is 1. The Hall–Kier alpha value is -2.03. The quantitative estimate of drug-likeness (QED) is 0.556. The zero-order valence-corrected chi connectivity index (χ0v) is 11.1. The van der Waals surface area contributed by atoms with E-state index in [1.165, 1.54) is 6.20 Å². The molecule has 0 heterocycles. The van der Waals surface area contributed by atoms with Crippen molar-refractivity contribution in [2.24, 2.45) is 0 Å². The van der Waals surface area contributed by atoms with E-state index in [0.717, 1.165) is 0 Å². The van der Waals surface area contributed by atoms with Gasteiger partial charge in [-0.25, -0.2) is 0 Å². The molecule has 0 fully saturated rings. The van der Waals surface area contributed by atoms with Crippen LogP contribution in [0.2, 0.25) is 0 Å². The predicted octanol–water partition coefficient (Wildman–Crippen LogP) is 0.715. The van der Waals surface area contributed by atoms with Crippen LogP contribution in [-0.2, 0) is 9.59 Å². The maximum absolute atomic E-state index is 11.6. The highest BCUT2D eigenvalue weighted by Gasteiger charge is 2.19. The first-order valence-corrected chi connectivity index (χ1v) is 5.61. The number of nitriles is 1. The molecule has 6 heteroatoms. The van der Waals surface area contributed by atoms with Crippen molar-refractivity contribution < 1.29 is 14.7 Å². The second-order valence-electron chi connectivity index (χ2n) is 4.69. The molecule has 0 atom stereocenters.